The molecule has 2 aliphatic heterocycles. The number of pyridine rings is 1. The van der Waals surface area contributed by atoms with Gasteiger partial charge in [0.25, 0.3) is 0 Å². The van der Waals surface area contributed by atoms with Crippen molar-refractivity contribution in [1.82, 2.24) is 20.1 Å². The monoisotopic (exact) mass is 436 g/mol. The number of nitrogens with one attached hydrogen (secondary N) is 1. The normalized spacial score (nSPS) is 18.6. The summed E-state index contributed by atoms with van der Waals surface area (Å²) in [4.78, 5) is 16.4. The van der Waals surface area contributed by atoms with Gasteiger partial charge in [0, 0.05) is 71.9 Å². The van der Waals surface area contributed by atoms with E-state index in [9.17, 15) is 0 Å². The van der Waals surface area contributed by atoms with Crippen LogP contribution >= 0.6 is 0 Å². The Labute approximate surface area is 192 Å². The number of aromatic nitrogens is 1. The summed E-state index contributed by atoms with van der Waals surface area (Å²) in [6.07, 6.45) is 4.25. The molecular formula is C25H36N6O. The molecule has 2 saturated heterocycles. The SMILES string of the molecule is CCN1CCN(c2ccc(CNC(=NC)N3CCC(Oc4ccccc4)CC3)cn2)CC1. The smallest absolute Gasteiger partial charge is 0.193 e. The van der Waals surface area contributed by atoms with Crippen molar-refractivity contribution in [3.63, 3.8) is 0 Å². The molecule has 32 heavy (non-hydrogen) atoms. The third-order valence-corrected chi connectivity index (χ3v) is 6.40. The Morgan fingerprint density at radius 2 is 1.78 bits per heavy atom. The van der Waals surface area contributed by atoms with E-state index in [4.69, 9.17) is 9.72 Å². The van der Waals surface area contributed by atoms with Crippen molar-refractivity contribution in [1.29, 1.82) is 0 Å². The molecule has 0 saturated carbocycles. The predicted octanol–water partition coefficient (Wildman–Crippen LogP) is 2.84. The predicted molar refractivity (Wildman–Crippen MR) is 130 cm³/mol. The molecule has 7 nitrogen and oxygen atoms in total. The number of hydrogen-bond acceptors (Lipinski definition) is 5. The Kier molecular flexibility index (Phi) is 7.82. The van der Waals surface area contributed by atoms with Crippen LogP contribution in [0.2, 0.25) is 0 Å². The minimum Gasteiger partial charge on any atom is -0.490 e. The van der Waals surface area contributed by atoms with Gasteiger partial charge in [-0.05, 0) is 30.3 Å². The number of hydrogen-bond donors (Lipinski definition) is 1. The summed E-state index contributed by atoms with van der Waals surface area (Å²) in [5.74, 6) is 2.98. The van der Waals surface area contributed by atoms with Crippen LogP contribution in [-0.2, 0) is 6.54 Å². The van der Waals surface area contributed by atoms with E-state index in [2.05, 4.69) is 44.1 Å². The van der Waals surface area contributed by atoms with Crippen molar-refractivity contribution >= 4 is 11.8 Å². The van der Waals surface area contributed by atoms with E-state index in [0.29, 0.717) is 0 Å². The first-order valence-corrected chi connectivity index (χ1v) is 11.8. The number of nitrogens with zero attached hydrogens (tertiary/aromatic N) is 5. The molecule has 0 bridgehead atoms. The molecular weight excluding hydrogens is 400 g/mol. The van der Waals surface area contributed by atoms with Gasteiger partial charge >= 0.3 is 0 Å². The lowest BCUT2D eigenvalue weighted by molar-refractivity contribution is 0.129. The summed E-state index contributed by atoms with van der Waals surface area (Å²) in [7, 11) is 1.85. The number of ether oxygens (including phenoxy) is 1. The number of benzene rings is 1. The average Bonchev–Trinajstić information content (AvgIpc) is 2.86. The molecule has 7 heteroatoms. The van der Waals surface area contributed by atoms with Gasteiger partial charge in [-0.25, -0.2) is 4.98 Å². The van der Waals surface area contributed by atoms with Crippen molar-refractivity contribution in [2.45, 2.75) is 32.4 Å². The van der Waals surface area contributed by atoms with Crippen molar-refractivity contribution in [3.05, 3.63) is 54.2 Å². The molecule has 0 amide bonds. The number of anilines is 1. The molecule has 0 atom stereocenters. The summed E-state index contributed by atoms with van der Waals surface area (Å²) >= 11 is 0. The fraction of sp³-hybridized carbons (Fsp3) is 0.520. The first-order chi connectivity index (χ1) is 15.7. The number of guanidine groups is 1. The maximum Gasteiger partial charge on any atom is 0.193 e. The van der Waals surface area contributed by atoms with E-state index >= 15 is 0 Å². The van der Waals surface area contributed by atoms with Crippen molar-refractivity contribution in [2.24, 2.45) is 4.99 Å². The largest absolute Gasteiger partial charge is 0.490 e. The molecule has 1 N–H and O–H groups in total. The Hall–Kier alpha value is -2.80. The molecule has 0 radical (unpaired) electrons. The lowest BCUT2D eigenvalue weighted by Gasteiger charge is -2.35. The maximum atomic E-state index is 6.12. The minimum absolute atomic E-state index is 0.266. The third kappa shape index (κ3) is 5.91. The summed E-state index contributed by atoms with van der Waals surface area (Å²) < 4.78 is 6.12. The zero-order chi connectivity index (χ0) is 22.2. The molecule has 0 spiro atoms. The van der Waals surface area contributed by atoms with Gasteiger partial charge in [-0.3, -0.25) is 4.99 Å². The molecule has 2 aromatic rings. The summed E-state index contributed by atoms with van der Waals surface area (Å²) in [6, 6.07) is 14.4. The van der Waals surface area contributed by atoms with Crippen LogP contribution in [0.25, 0.3) is 0 Å². The summed E-state index contributed by atoms with van der Waals surface area (Å²) in [6.45, 7) is 10.3. The van der Waals surface area contributed by atoms with Gasteiger partial charge in [-0.2, -0.15) is 0 Å². The average molecular weight is 437 g/mol. The second kappa shape index (κ2) is 11.2. The number of para-hydroxylation sites is 1. The second-order valence-corrected chi connectivity index (χ2v) is 8.46. The first kappa shape index (κ1) is 22.4. The fourth-order valence-electron chi connectivity index (χ4n) is 4.39. The van der Waals surface area contributed by atoms with E-state index in [1.807, 2.05) is 43.6 Å². The molecule has 0 unspecified atom stereocenters. The quantitative estimate of drug-likeness (QED) is 0.555. The van der Waals surface area contributed by atoms with Crippen molar-refractivity contribution < 1.29 is 4.74 Å². The Morgan fingerprint density at radius 3 is 2.41 bits per heavy atom. The lowest BCUT2D eigenvalue weighted by Crippen LogP contribution is -2.47. The summed E-state index contributed by atoms with van der Waals surface area (Å²) in [5.41, 5.74) is 1.17. The highest BCUT2D eigenvalue weighted by molar-refractivity contribution is 5.80. The standard InChI is InChI=1S/C25H36N6O/c1-3-29-15-17-30(18-16-29)24-10-9-21(19-27-24)20-28-25(26-2)31-13-11-23(12-14-31)32-22-7-5-4-6-8-22/h4-10,19,23H,3,11-18,20H2,1-2H3,(H,26,28). The van der Waals surface area contributed by atoms with Gasteiger partial charge < -0.3 is 24.8 Å². The van der Waals surface area contributed by atoms with Crippen LogP contribution in [0.5, 0.6) is 5.75 Å². The van der Waals surface area contributed by atoms with E-state index in [1.54, 1.807) is 0 Å². The van der Waals surface area contributed by atoms with Crippen LogP contribution in [-0.4, -0.2) is 79.7 Å². The van der Waals surface area contributed by atoms with Gasteiger partial charge in [-0.15, -0.1) is 0 Å². The molecule has 3 heterocycles. The highest BCUT2D eigenvalue weighted by Crippen LogP contribution is 2.19. The summed E-state index contributed by atoms with van der Waals surface area (Å²) in [5, 5.41) is 3.51. The molecule has 1 aromatic heterocycles. The van der Waals surface area contributed by atoms with Gasteiger partial charge in [-0.1, -0.05) is 31.2 Å². The van der Waals surface area contributed by atoms with Crippen LogP contribution in [0.4, 0.5) is 5.82 Å². The van der Waals surface area contributed by atoms with Crippen LogP contribution in [0, 0.1) is 0 Å². The third-order valence-electron chi connectivity index (χ3n) is 6.40. The van der Waals surface area contributed by atoms with E-state index in [-0.39, 0.29) is 6.10 Å². The Morgan fingerprint density at radius 1 is 1.03 bits per heavy atom. The molecule has 0 aliphatic carbocycles. The molecule has 172 valence electrons. The zero-order valence-electron chi connectivity index (χ0n) is 19.4. The van der Waals surface area contributed by atoms with Crippen LogP contribution in [0.1, 0.15) is 25.3 Å². The topological polar surface area (TPSA) is 56.2 Å². The molecule has 1 aromatic carbocycles. The number of rotatable bonds is 6. The van der Waals surface area contributed by atoms with Gasteiger partial charge in [0.15, 0.2) is 5.96 Å². The first-order valence-electron chi connectivity index (χ1n) is 11.8. The Bertz CT molecular complexity index is 840. The molecule has 2 aliphatic rings. The molecule has 2 fully saturated rings. The van der Waals surface area contributed by atoms with Crippen molar-refractivity contribution in [2.75, 3.05) is 57.8 Å². The number of likely N-dealkylation sites (N-methyl/N-ethyl adjacent to an activating group) is 1. The molecule has 4 rings (SSSR count). The van der Waals surface area contributed by atoms with Gasteiger partial charge in [0.05, 0.1) is 0 Å². The van der Waals surface area contributed by atoms with Gasteiger partial charge in [0.2, 0.25) is 0 Å². The highest BCUT2D eigenvalue weighted by Gasteiger charge is 2.23. The van der Waals surface area contributed by atoms with Crippen LogP contribution in [0.3, 0.4) is 0 Å². The van der Waals surface area contributed by atoms with Crippen LogP contribution < -0.4 is 15.0 Å². The van der Waals surface area contributed by atoms with E-state index in [1.165, 1.54) is 5.56 Å². The fourth-order valence-corrected chi connectivity index (χ4v) is 4.39. The van der Waals surface area contributed by atoms with Crippen molar-refractivity contribution in [3.8, 4) is 5.75 Å². The minimum atomic E-state index is 0.266. The van der Waals surface area contributed by atoms with Gasteiger partial charge in [0.1, 0.15) is 17.7 Å². The van der Waals surface area contributed by atoms with E-state index < -0.39 is 0 Å². The zero-order valence-corrected chi connectivity index (χ0v) is 19.4. The Balaban J connectivity index is 1.22. The number of piperidine rings is 1. The highest BCUT2D eigenvalue weighted by atomic mass is 16.5. The number of aliphatic imine (C=N–C) groups is 1. The maximum absolute atomic E-state index is 6.12. The van der Waals surface area contributed by atoms with E-state index in [0.717, 1.165) is 82.7 Å². The number of piperazine rings is 1. The number of likely N-dealkylation sites (tertiary alicyclic amines) is 1. The lowest BCUT2D eigenvalue weighted by atomic mass is 10.1. The van der Waals surface area contributed by atoms with Crippen LogP contribution in [0.15, 0.2) is 53.7 Å². The second-order valence-electron chi connectivity index (χ2n) is 8.46.